The lowest BCUT2D eigenvalue weighted by atomic mass is 9.96. The number of hydrogen-bond acceptors (Lipinski definition) is 9. The number of phenolic OH excluding ortho intramolecular Hbond substituents is 1. The van der Waals surface area contributed by atoms with Gasteiger partial charge >= 0.3 is 5.97 Å². The quantitative estimate of drug-likeness (QED) is 0.0366. The topological polar surface area (TPSA) is 170 Å². The van der Waals surface area contributed by atoms with Crippen LogP contribution in [0.3, 0.4) is 0 Å². The fraction of sp³-hybridized carbons (Fsp3) is 0.381. The number of furan rings is 1. The van der Waals surface area contributed by atoms with Gasteiger partial charge in [-0.2, -0.15) is 0 Å². The molecule has 2 aliphatic rings. The third-order valence-electron chi connectivity index (χ3n) is 11.3. The van der Waals surface area contributed by atoms with Gasteiger partial charge in [0, 0.05) is 107 Å². The third-order valence-corrected chi connectivity index (χ3v) is 12.1. The van der Waals surface area contributed by atoms with E-state index in [2.05, 4.69) is 47.9 Å². The summed E-state index contributed by atoms with van der Waals surface area (Å²) in [6.45, 7) is 14.3. The van der Waals surface area contributed by atoms with Crippen LogP contribution in [0.25, 0.3) is 32.8 Å². The summed E-state index contributed by atoms with van der Waals surface area (Å²) in [5, 5.41) is 27.1. The number of aromatic hydroxyl groups is 1. The molecule has 6 aromatic rings. The maximum absolute atomic E-state index is 13.4. The molecular formula is C42H46Cl2N6O7. The van der Waals surface area contributed by atoms with Gasteiger partial charge in [-0.05, 0) is 83.0 Å². The van der Waals surface area contributed by atoms with Gasteiger partial charge in [0.1, 0.15) is 11.3 Å². The van der Waals surface area contributed by atoms with Crippen molar-refractivity contribution in [1.29, 1.82) is 0 Å². The predicted molar refractivity (Wildman–Crippen MR) is 225 cm³/mol. The van der Waals surface area contributed by atoms with Gasteiger partial charge in [0.25, 0.3) is 11.6 Å². The second-order valence-electron chi connectivity index (χ2n) is 15.2. The number of H-pyrrole nitrogens is 2. The SMILES string of the molecule is CNCCC(=O)Oc1cc2c(c3c(C)c(C)[nH]c13)C(CCl)CN2C(C)C.Cc1[nH]c2c(O)cc3c(c2c1C)C(CCl)CN3C(=O)c1cc2cc([N+](=O)[O-])ccc2o1. The van der Waals surface area contributed by atoms with Crippen molar-refractivity contribution >= 4 is 84.9 Å². The zero-order chi connectivity index (χ0) is 41.0. The van der Waals surface area contributed by atoms with Crippen LogP contribution in [-0.4, -0.2) is 76.4 Å². The lowest BCUT2D eigenvalue weighted by Crippen LogP contribution is -2.29. The van der Waals surface area contributed by atoms with Crippen molar-refractivity contribution < 1.29 is 28.8 Å². The molecule has 0 aliphatic carbocycles. The molecule has 5 heterocycles. The van der Waals surface area contributed by atoms with Crippen molar-refractivity contribution in [2.75, 3.05) is 48.2 Å². The molecule has 1 amide bonds. The average Bonchev–Trinajstić information content (AvgIpc) is 3.99. The smallest absolute Gasteiger partial charge is 0.312 e. The van der Waals surface area contributed by atoms with Crippen molar-refractivity contribution in [2.45, 2.75) is 65.8 Å². The molecule has 2 unspecified atom stereocenters. The second kappa shape index (κ2) is 15.6. The number of benzene rings is 3. The molecule has 0 saturated carbocycles. The minimum atomic E-state index is -0.495. The highest BCUT2D eigenvalue weighted by atomic mass is 35.5. The Balaban J connectivity index is 0.000000177. The number of ether oxygens (including phenoxy) is 1. The average molecular weight is 818 g/mol. The Kier molecular flexibility index (Phi) is 10.9. The normalized spacial score (nSPS) is 16.1. The minimum Gasteiger partial charge on any atom is -0.506 e. The number of aromatic amines is 2. The van der Waals surface area contributed by atoms with Crippen LogP contribution in [0.2, 0.25) is 0 Å². The van der Waals surface area contributed by atoms with E-state index in [9.17, 15) is 24.8 Å². The van der Waals surface area contributed by atoms with E-state index in [4.69, 9.17) is 32.4 Å². The Labute approximate surface area is 339 Å². The number of fused-ring (bicyclic) bond motifs is 7. The largest absolute Gasteiger partial charge is 0.506 e. The first kappa shape index (κ1) is 40.0. The van der Waals surface area contributed by atoms with Gasteiger partial charge in [-0.15, -0.1) is 23.2 Å². The number of carbonyl (C=O) groups excluding carboxylic acids is 2. The van der Waals surface area contributed by atoms with Gasteiger partial charge in [-0.3, -0.25) is 19.7 Å². The van der Waals surface area contributed by atoms with Crippen LogP contribution >= 0.6 is 23.2 Å². The first-order chi connectivity index (χ1) is 27.2. The Hall–Kier alpha value is -5.24. The number of alkyl halides is 2. The van der Waals surface area contributed by atoms with E-state index in [1.54, 1.807) is 11.0 Å². The van der Waals surface area contributed by atoms with Gasteiger partial charge in [-0.25, -0.2) is 0 Å². The lowest BCUT2D eigenvalue weighted by Gasteiger charge is -2.24. The molecule has 300 valence electrons. The molecule has 57 heavy (non-hydrogen) atoms. The highest BCUT2D eigenvalue weighted by molar-refractivity contribution is 6.20. The highest BCUT2D eigenvalue weighted by Crippen LogP contribution is 2.49. The Morgan fingerprint density at radius 2 is 1.60 bits per heavy atom. The zero-order valence-electron chi connectivity index (χ0n) is 32.9. The number of phenols is 1. The summed E-state index contributed by atoms with van der Waals surface area (Å²) in [5.74, 6) is 1.17. The molecule has 3 aromatic carbocycles. The molecule has 3 aromatic heterocycles. The molecule has 0 fully saturated rings. The number of amides is 1. The number of aromatic nitrogens is 2. The summed E-state index contributed by atoms with van der Waals surface area (Å²) in [6, 6.07) is 9.62. The van der Waals surface area contributed by atoms with Crippen LogP contribution < -0.4 is 19.9 Å². The maximum Gasteiger partial charge on any atom is 0.312 e. The standard InChI is InChI=1S/C22H18ClN3O5.C20H28ClN3O2/c1-10-11(2)24-21-16(27)7-15-20(19(10)21)13(8-23)9-25(15)22(28)18-6-12-5-14(26(29)30)3-4-17(12)31-18;1-11(2)24-10-14(9-21)19-15(24)8-16(26-17(25)6-7-22-5)20-18(19)12(3)13(4)23-20/h3-7,13,24,27H,8-9H2,1-2H3;8,11,14,22-23H,6-7,9-10H2,1-5H3. The van der Waals surface area contributed by atoms with E-state index < -0.39 is 10.8 Å². The van der Waals surface area contributed by atoms with Gasteiger partial charge in [0.2, 0.25) is 0 Å². The Morgan fingerprint density at radius 3 is 2.23 bits per heavy atom. The molecule has 0 spiro atoms. The van der Waals surface area contributed by atoms with Crippen molar-refractivity contribution in [2.24, 2.45) is 0 Å². The fourth-order valence-corrected chi connectivity index (χ4v) is 8.72. The number of nitro groups is 1. The first-order valence-electron chi connectivity index (χ1n) is 18.9. The van der Waals surface area contributed by atoms with E-state index >= 15 is 0 Å². The van der Waals surface area contributed by atoms with Crippen LogP contribution in [0.5, 0.6) is 11.5 Å². The highest BCUT2D eigenvalue weighted by Gasteiger charge is 2.38. The molecule has 15 heteroatoms. The molecule has 8 rings (SSSR count). The number of halogens is 2. The monoisotopic (exact) mass is 816 g/mol. The number of aryl methyl sites for hydroxylation is 4. The number of rotatable bonds is 9. The summed E-state index contributed by atoms with van der Waals surface area (Å²) in [6.07, 6.45) is 0.339. The molecule has 0 radical (unpaired) electrons. The number of carbonyl (C=O) groups is 2. The number of nitrogens with zero attached hydrogens (tertiary/aromatic N) is 3. The Bertz CT molecular complexity index is 2570. The van der Waals surface area contributed by atoms with E-state index in [-0.39, 0.29) is 35.0 Å². The fourth-order valence-electron chi connectivity index (χ4n) is 8.22. The van der Waals surface area contributed by atoms with Gasteiger partial charge < -0.3 is 39.3 Å². The number of nitro benzene ring substituents is 1. The van der Waals surface area contributed by atoms with Crippen LogP contribution in [0.1, 0.15) is 76.3 Å². The van der Waals surface area contributed by atoms with Crippen LogP contribution in [-0.2, 0) is 4.79 Å². The van der Waals surface area contributed by atoms with Gasteiger partial charge in [-0.1, -0.05) is 0 Å². The molecule has 2 aliphatic heterocycles. The molecular weight excluding hydrogens is 771 g/mol. The van der Waals surface area contributed by atoms with Gasteiger partial charge in [0.05, 0.1) is 28.1 Å². The summed E-state index contributed by atoms with van der Waals surface area (Å²) in [4.78, 5) is 46.7. The third kappa shape index (κ3) is 6.95. The zero-order valence-corrected chi connectivity index (χ0v) is 34.4. The molecule has 0 saturated heterocycles. The maximum atomic E-state index is 13.4. The van der Waals surface area contributed by atoms with Crippen LogP contribution in [0, 0.1) is 37.8 Å². The number of non-ortho nitro benzene ring substituents is 1. The predicted octanol–water partition coefficient (Wildman–Crippen LogP) is 8.98. The van der Waals surface area contributed by atoms with E-state index in [1.165, 1.54) is 35.4 Å². The summed E-state index contributed by atoms with van der Waals surface area (Å²) >= 11 is 12.6. The molecule has 2 atom stereocenters. The van der Waals surface area contributed by atoms with Crippen molar-refractivity contribution in [3.8, 4) is 11.5 Å². The summed E-state index contributed by atoms with van der Waals surface area (Å²) in [7, 11) is 1.82. The van der Waals surface area contributed by atoms with Crippen molar-refractivity contribution in [3.63, 3.8) is 0 Å². The van der Waals surface area contributed by atoms with E-state index in [0.29, 0.717) is 65.2 Å². The second-order valence-corrected chi connectivity index (χ2v) is 15.8. The molecule has 13 nitrogen and oxygen atoms in total. The number of esters is 1. The summed E-state index contributed by atoms with van der Waals surface area (Å²) < 4.78 is 11.4. The molecule has 0 bridgehead atoms. The van der Waals surface area contributed by atoms with E-state index in [1.807, 2.05) is 27.0 Å². The first-order valence-corrected chi connectivity index (χ1v) is 20.0. The molecule has 4 N–H and O–H groups in total. The summed E-state index contributed by atoms with van der Waals surface area (Å²) in [5.41, 5.74) is 10.0. The van der Waals surface area contributed by atoms with Crippen LogP contribution in [0.4, 0.5) is 17.1 Å². The number of nitrogens with one attached hydrogen (secondary N) is 3. The van der Waals surface area contributed by atoms with Crippen molar-refractivity contribution in [3.05, 3.63) is 85.9 Å². The van der Waals surface area contributed by atoms with Gasteiger partial charge in [0.15, 0.2) is 11.5 Å². The number of anilines is 2. The number of hydrogen-bond donors (Lipinski definition) is 4. The van der Waals surface area contributed by atoms with Crippen molar-refractivity contribution in [1.82, 2.24) is 15.3 Å². The van der Waals surface area contributed by atoms with E-state index in [0.717, 1.165) is 51.0 Å². The lowest BCUT2D eigenvalue weighted by molar-refractivity contribution is -0.384. The minimum absolute atomic E-state index is 0.0539. The van der Waals surface area contributed by atoms with Crippen LogP contribution in [0.15, 0.2) is 40.8 Å². The Morgan fingerprint density at radius 1 is 0.965 bits per heavy atom.